The number of hydrogen-bond acceptors (Lipinski definition) is 2. The Bertz CT molecular complexity index is 358. The van der Waals surface area contributed by atoms with Crippen molar-refractivity contribution in [1.29, 1.82) is 0 Å². The minimum Gasteiger partial charge on any atom is -0.317 e. The Hall–Kier alpha value is -0.350. The van der Waals surface area contributed by atoms with E-state index in [9.17, 15) is 0 Å². The van der Waals surface area contributed by atoms with Crippen molar-refractivity contribution in [2.45, 2.75) is 34.1 Å². The van der Waals surface area contributed by atoms with Gasteiger partial charge in [0.25, 0.3) is 0 Å². The first kappa shape index (κ1) is 14.7. The molecule has 0 amide bonds. The van der Waals surface area contributed by atoms with Gasteiger partial charge in [-0.05, 0) is 54.2 Å². The van der Waals surface area contributed by atoms with Crippen LogP contribution in [-0.2, 0) is 13.5 Å². The molecule has 1 rings (SSSR count). The van der Waals surface area contributed by atoms with Gasteiger partial charge >= 0.3 is 0 Å². The molecule has 0 radical (unpaired) electrons. The lowest BCUT2D eigenvalue weighted by molar-refractivity contribution is 0.356. The summed E-state index contributed by atoms with van der Waals surface area (Å²) in [4.78, 5) is 0. The quantitative estimate of drug-likeness (QED) is 0.875. The molecule has 0 fully saturated rings. The van der Waals surface area contributed by atoms with Crippen molar-refractivity contribution in [3.63, 3.8) is 0 Å². The summed E-state index contributed by atoms with van der Waals surface area (Å²) in [6.07, 6.45) is 1.07. The molecule has 1 atom stereocenters. The van der Waals surface area contributed by atoms with E-state index in [1.807, 2.05) is 18.7 Å². The maximum absolute atomic E-state index is 4.45. The molecular weight excluding hydrogens is 278 g/mol. The van der Waals surface area contributed by atoms with Crippen LogP contribution in [0.15, 0.2) is 4.47 Å². The second-order valence-corrected chi connectivity index (χ2v) is 5.78. The van der Waals surface area contributed by atoms with E-state index in [-0.39, 0.29) is 0 Å². The third-order valence-electron chi connectivity index (χ3n) is 3.32. The topological polar surface area (TPSA) is 29.9 Å². The van der Waals surface area contributed by atoms with Crippen LogP contribution in [-0.4, -0.2) is 22.9 Å². The Morgan fingerprint density at radius 1 is 1.41 bits per heavy atom. The van der Waals surface area contributed by atoms with Gasteiger partial charge in [0.1, 0.15) is 0 Å². The molecule has 0 aliphatic rings. The summed E-state index contributed by atoms with van der Waals surface area (Å²) in [6.45, 7) is 10.9. The summed E-state index contributed by atoms with van der Waals surface area (Å²) >= 11 is 3.64. The Balaban J connectivity index is 2.78. The second kappa shape index (κ2) is 6.55. The van der Waals surface area contributed by atoms with Gasteiger partial charge in [-0.3, -0.25) is 4.68 Å². The normalized spacial score (nSPS) is 13.4. The molecule has 0 aromatic carbocycles. The number of halogens is 1. The molecule has 17 heavy (non-hydrogen) atoms. The lowest BCUT2D eigenvalue weighted by Gasteiger charge is -2.21. The summed E-state index contributed by atoms with van der Waals surface area (Å²) in [5.41, 5.74) is 2.38. The number of aryl methyl sites for hydroxylation is 2. The maximum Gasteiger partial charge on any atom is 0.0738 e. The smallest absolute Gasteiger partial charge is 0.0738 e. The van der Waals surface area contributed by atoms with E-state index in [0.29, 0.717) is 11.8 Å². The van der Waals surface area contributed by atoms with Crippen molar-refractivity contribution in [2.24, 2.45) is 18.9 Å². The third kappa shape index (κ3) is 3.81. The Kier molecular flexibility index (Phi) is 5.67. The zero-order valence-electron chi connectivity index (χ0n) is 11.5. The van der Waals surface area contributed by atoms with Gasteiger partial charge in [0, 0.05) is 7.05 Å². The number of rotatable bonds is 6. The Labute approximate surface area is 113 Å². The Morgan fingerprint density at radius 3 is 2.47 bits per heavy atom. The van der Waals surface area contributed by atoms with E-state index >= 15 is 0 Å². The van der Waals surface area contributed by atoms with Gasteiger partial charge in [-0.15, -0.1) is 0 Å². The van der Waals surface area contributed by atoms with Crippen molar-refractivity contribution in [3.05, 3.63) is 15.9 Å². The summed E-state index contributed by atoms with van der Waals surface area (Å²) in [7, 11) is 2.03. The molecule has 0 aliphatic carbocycles. The van der Waals surface area contributed by atoms with Crippen LogP contribution in [0.5, 0.6) is 0 Å². The van der Waals surface area contributed by atoms with Crippen LogP contribution in [0, 0.1) is 18.8 Å². The highest BCUT2D eigenvalue weighted by Gasteiger charge is 2.19. The van der Waals surface area contributed by atoms with E-state index in [2.05, 4.69) is 47.1 Å². The molecule has 1 aromatic heterocycles. The van der Waals surface area contributed by atoms with Crippen LogP contribution in [0.1, 0.15) is 32.2 Å². The summed E-state index contributed by atoms with van der Waals surface area (Å²) in [6, 6.07) is 0. The lowest BCUT2D eigenvalue weighted by atomic mass is 9.91. The SMILES string of the molecule is CCNCC(Cc1c(Br)c(C)nn1C)C(C)C. The molecule has 1 unspecified atom stereocenters. The minimum absolute atomic E-state index is 0.654. The molecule has 1 heterocycles. The molecule has 0 saturated carbocycles. The van der Waals surface area contributed by atoms with Gasteiger partial charge in [0.05, 0.1) is 15.9 Å². The molecule has 98 valence electrons. The summed E-state index contributed by atoms with van der Waals surface area (Å²) in [5, 5.41) is 7.90. The molecule has 0 saturated heterocycles. The lowest BCUT2D eigenvalue weighted by Crippen LogP contribution is -2.28. The van der Waals surface area contributed by atoms with Crippen LogP contribution in [0.3, 0.4) is 0 Å². The van der Waals surface area contributed by atoms with E-state index in [0.717, 1.165) is 25.2 Å². The van der Waals surface area contributed by atoms with Crippen molar-refractivity contribution >= 4 is 15.9 Å². The molecule has 0 aliphatic heterocycles. The van der Waals surface area contributed by atoms with Crippen LogP contribution in [0.4, 0.5) is 0 Å². The average molecular weight is 302 g/mol. The highest BCUT2D eigenvalue weighted by atomic mass is 79.9. The van der Waals surface area contributed by atoms with Gasteiger partial charge in [0.15, 0.2) is 0 Å². The maximum atomic E-state index is 4.45. The fourth-order valence-corrected chi connectivity index (χ4v) is 2.52. The minimum atomic E-state index is 0.654. The number of hydrogen-bond donors (Lipinski definition) is 1. The molecule has 0 spiro atoms. The van der Waals surface area contributed by atoms with E-state index < -0.39 is 0 Å². The molecule has 0 bridgehead atoms. The fraction of sp³-hybridized carbons (Fsp3) is 0.769. The predicted octanol–water partition coefficient (Wildman–Crippen LogP) is 2.92. The van der Waals surface area contributed by atoms with Gasteiger partial charge in [-0.25, -0.2) is 0 Å². The standard InChI is InChI=1S/C13H24BrN3/c1-6-15-8-11(9(2)3)7-12-13(14)10(4)16-17(12)5/h9,11,15H,6-8H2,1-5H3. The molecular formula is C13H24BrN3. The molecule has 3 nitrogen and oxygen atoms in total. The van der Waals surface area contributed by atoms with Gasteiger partial charge in [-0.2, -0.15) is 5.10 Å². The zero-order chi connectivity index (χ0) is 13.0. The third-order valence-corrected chi connectivity index (χ3v) is 4.35. The number of nitrogens with one attached hydrogen (secondary N) is 1. The first-order valence-electron chi connectivity index (χ1n) is 6.36. The largest absolute Gasteiger partial charge is 0.317 e. The van der Waals surface area contributed by atoms with Crippen LogP contribution in [0.2, 0.25) is 0 Å². The number of nitrogens with zero attached hydrogens (tertiary/aromatic N) is 2. The molecule has 4 heteroatoms. The van der Waals surface area contributed by atoms with Crippen LogP contribution >= 0.6 is 15.9 Å². The van der Waals surface area contributed by atoms with Crippen molar-refractivity contribution in [3.8, 4) is 0 Å². The van der Waals surface area contributed by atoms with Crippen molar-refractivity contribution in [1.82, 2.24) is 15.1 Å². The highest BCUT2D eigenvalue weighted by molar-refractivity contribution is 9.10. The highest BCUT2D eigenvalue weighted by Crippen LogP contribution is 2.25. The monoisotopic (exact) mass is 301 g/mol. The fourth-order valence-electron chi connectivity index (χ4n) is 2.02. The Morgan fingerprint density at radius 2 is 2.06 bits per heavy atom. The second-order valence-electron chi connectivity index (χ2n) is 4.99. The van der Waals surface area contributed by atoms with E-state index in [1.165, 1.54) is 10.2 Å². The molecule has 1 N–H and O–H groups in total. The van der Waals surface area contributed by atoms with Crippen LogP contribution in [0.25, 0.3) is 0 Å². The van der Waals surface area contributed by atoms with Crippen molar-refractivity contribution < 1.29 is 0 Å². The van der Waals surface area contributed by atoms with E-state index in [1.54, 1.807) is 0 Å². The van der Waals surface area contributed by atoms with E-state index in [4.69, 9.17) is 0 Å². The average Bonchev–Trinajstić information content (AvgIpc) is 2.49. The predicted molar refractivity (Wildman–Crippen MR) is 76.2 cm³/mol. The van der Waals surface area contributed by atoms with Crippen molar-refractivity contribution in [2.75, 3.05) is 13.1 Å². The first-order valence-corrected chi connectivity index (χ1v) is 7.15. The molecule has 1 aromatic rings. The number of aromatic nitrogens is 2. The summed E-state index contributed by atoms with van der Waals surface area (Å²) in [5.74, 6) is 1.33. The summed E-state index contributed by atoms with van der Waals surface area (Å²) < 4.78 is 3.17. The van der Waals surface area contributed by atoms with Gasteiger partial charge in [0.2, 0.25) is 0 Å². The van der Waals surface area contributed by atoms with Gasteiger partial charge in [-0.1, -0.05) is 20.8 Å². The van der Waals surface area contributed by atoms with Gasteiger partial charge < -0.3 is 5.32 Å². The van der Waals surface area contributed by atoms with Crippen LogP contribution < -0.4 is 5.32 Å². The first-order chi connectivity index (χ1) is 7.97. The zero-order valence-corrected chi connectivity index (χ0v) is 13.1.